The zero-order valence-corrected chi connectivity index (χ0v) is 22.6. The van der Waals surface area contributed by atoms with Gasteiger partial charge in [0.1, 0.15) is 11.9 Å². The average Bonchev–Trinajstić information content (AvgIpc) is 2.78. The molecule has 0 bridgehead atoms. The lowest BCUT2D eigenvalue weighted by Crippen LogP contribution is -2.54. The van der Waals surface area contributed by atoms with Crippen LogP contribution < -0.4 is 9.62 Å². The number of nitrogens with one attached hydrogen (secondary N) is 1. The Labute approximate surface area is 214 Å². The van der Waals surface area contributed by atoms with Crippen LogP contribution in [-0.4, -0.2) is 56.1 Å². The Balaban J connectivity index is 2.17. The van der Waals surface area contributed by atoms with Gasteiger partial charge in [0.05, 0.1) is 11.9 Å². The van der Waals surface area contributed by atoms with Crippen LogP contribution in [0.1, 0.15) is 52.5 Å². The van der Waals surface area contributed by atoms with Crippen molar-refractivity contribution in [1.29, 1.82) is 0 Å². The summed E-state index contributed by atoms with van der Waals surface area (Å²) >= 11 is 0. The normalized spacial score (nSPS) is 12.6. The molecular formula is C27H38FN3O4S. The third kappa shape index (κ3) is 9.26. The molecular weight excluding hydrogens is 481 g/mol. The van der Waals surface area contributed by atoms with Gasteiger partial charge in [0.15, 0.2) is 0 Å². The summed E-state index contributed by atoms with van der Waals surface area (Å²) in [6, 6.07) is 14.3. The first-order valence-corrected chi connectivity index (χ1v) is 14.1. The first-order chi connectivity index (χ1) is 16.8. The molecule has 0 aromatic heterocycles. The Kier molecular flexibility index (Phi) is 10.5. The SMILES string of the molecule is CCC(C(=O)NC(C)(C)C)N(CCc1ccccc1)C(=O)CCCN(c1ccc(F)cc1)S(C)(=O)=O. The predicted molar refractivity (Wildman–Crippen MR) is 142 cm³/mol. The lowest BCUT2D eigenvalue weighted by atomic mass is 10.0. The van der Waals surface area contributed by atoms with E-state index in [0.717, 1.165) is 16.1 Å². The smallest absolute Gasteiger partial charge is 0.243 e. The van der Waals surface area contributed by atoms with Crippen molar-refractivity contribution in [2.75, 3.05) is 23.7 Å². The number of carbonyl (C=O) groups is 2. The van der Waals surface area contributed by atoms with Crippen LogP contribution in [0.3, 0.4) is 0 Å². The molecule has 1 unspecified atom stereocenters. The molecule has 0 heterocycles. The third-order valence-electron chi connectivity index (χ3n) is 5.64. The third-order valence-corrected chi connectivity index (χ3v) is 6.83. The van der Waals surface area contributed by atoms with Crippen LogP contribution in [0.5, 0.6) is 0 Å². The number of amides is 2. The van der Waals surface area contributed by atoms with E-state index in [1.54, 1.807) is 4.90 Å². The van der Waals surface area contributed by atoms with E-state index >= 15 is 0 Å². The molecule has 36 heavy (non-hydrogen) atoms. The summed E-state index contributed by atoms with van der Waals surface area (Å²) in [4.78, 5) is 28.0. The fraction of sp³-hybridized carbons (Fsp3) is 0.481. The summed E-state index contributed by atoms with van der Waals surface area (Å²) in [6.07, 6.45) is 2.45. The summed E-state index contributed by atoms with van der Waals surface area (Å²) in [7, 11) is -3.63. The van der Waals surface area contributed by atoms with E-state index in [4.69, 9.17) is 0 Å². The fourth-order valence-electron chi connectivity index (χ4n) is 3.96. The van der Waals surface area contributed by atoms with Gasteiger partial charge in [-0.1, -0.05) is 37.3 Å². The largest absolute Gasteiger partial charge is 0.350 e. The molecule has 2 amide bonds. The van der Waals surface area contributed by atoms with Crippen molar-refractivity contribution in [3.8, 4) is 0 Å². The number of hydrogen-bond acceptors (Lipinski definition) is 4. The van der Waals surface area contributed by atoms with Crippen LogP contribution in [0.25, 0.3) is 0 Å². The van der Waals surface area contributed by atoms with Gasteiger partial charge in [-0.15, -0.1) is 0 Å². The lowest BCUT2D eigenvalue weighted by molar-refractivity contribution is -0.141. The maximum Gasteiger partial charge on any atom is 0.243 e. The van der Waals surface area contributed by atoms with Crippen molar-refractivity contribution in [2.24, 2.45) is 0 Å². The topological polar surface area (TPSA) is 86.8 Å². The Morgan fingerprint density at radius 2 is 1.61 bits per heavy atom. The Morgan fingerprint density at radius 1 is 1.00 bits per heavy atom. The number of rotatable bonds is 12. The minimum absolute atomic E-state index is 0.0632. The highest BCUT2D eigenvalue weighted by Gasteiger charge is 2.30. The van der Waals surface area contributed by atoms with Crippen LogP contribution in [0.4, 0.5) is 10.1 Å². The molecule has 0 saturated carbocycles. The molecule has 2 aromatic carbocycles. The van der Waals surface area contributed by atoms with Crippen molar-refractivity contribution in [2.45, 2.75) is 65.0 Å². The van der Waals surface area contributed by atoms with Gasteiger partial charge in [0.25, 0.3) is 0 Å². The zero-order chi connectivity index (χ0) is 26.9. The summed E-state index contributed by atoms with van der Waals surface area (Å²) in [5, 5.41) is 2.97. The minimum Gasteiger partial charge on any atom is -0.350 e. The highest BCUT2D eigenvalue weighted by atomic mass is 32.2. The first-order valence-electron chi connectivity index (χ1n) is 12.2. The van der Waals surface area contributed by atoms with Gasteiger partial charge in [-0.3, -0.25) is 13.9 Å². The van der Waals surface area contributed by atoms with Gasteiger partial charge in [-0.2, -0.15) is 0 Å². The lowest BCUT2D eigenvalue weighted by Gasteiger charge is -2.33. The van der Waals surface area contributed by atoms with E-state index < -0.39 is 27.4 Å². The van der Waals surface area contributed by atoms with Crippen LogP contribution in [0.15, 0.2) is 54.6 Å². The van der Waals surface area contributed by atoms with Crippen molar-refractivity contribution in [1.82, 2.24) is 10.2 Å². The van der Waals surface area contributed by atoms with E-state index in [0.29, 0.717) is 25.1 Å². The summed E-state index contributed by atoms with van der Waals surface area (Å²) in [6.45, 7) is 7.98. The van der Waals surface area contributed by atoms with E-state index in [2.05, 4.69) is 5.32 Å². The maximum absolute atomic E-state index is 13.4. The highest BCUT2D eigenvalue weighted by Crippen LogP contribution is 2.20. The van der Waals surface area contributed by atoms with Gasteiger partial charge in [-0.05, 0) is 69.9 Å². The van der Waals surface area contributed by atoms with Crippen molar-refractivity contribution in [3.05, 3.63) is 66.0 Å². The Hall–Kier alpha value is -2.94. The standard InChI is InChI=1S/C27H38FN3O4S/c1-6-24(26(33)29-27(2,3)4)30(20-18-21-11-8-7-9-12-21)25(32)13-10-19-31(36(5,34)35)23-16-14-22(28)15-17-23/h7-9,11-12,14-17,24H,6,10,13,18-20H2,1-5H3,(H,29,33). The summed E-state index contributed by atoms with van der Waals surface area (Å²) < 4.78 is 39.2. The van der Waals surface area contributed by atoms with Gasteiger partial charge in [0, 0.05) is 25.0 Å². The van der Waals surface area contributed by atoms with Gasteiger partial charge in [0.2, 0.25) is 21.8 Å². The quantitative estimate of drug-likeness (QED) is 0.457. The zero-order valence-electron chi connectivity index (χ0n) is 21.8. The van der Waals surface area contributed by atoms with E-state index in [9.17, 15) is 22.4 Å². The molecule has 0 spiro atoms. The van der Waals surface area contributed by atoms with Crippen molar-refractivity contribution >= 4 is 27.5 Å². The number of nitrogens with zero attached hydrogens (tertiary/aromatic N) is 2. The summed E-state index contributed by atoms with van der Waals surface area (Å²) in [5.41, 5.74) is 0.952. The van der Waals surface area contributed by atoms with Crippen LogP contribution in [0.2, 0.25) is 0 Å². The first kappa shape index (κ1) is 29.3. The molecule has 0 fully saturated rings. The molecule has 1 atom stereocenters. The van der Waals surface area contributed by atoms with Gasteiger partial charge < -0.3 is 10.2 Å². The molecule has 2 rings (SSSR count). The van der Waals surface area contributed by atoms with E-state index in [-0.39, 0.29) is 31.2 Å². The Bertz CT molecular complexity index is 1100. The molecule has 2 aromatic rings. The van der Waals surface area contributed by atoms with Crippen molar-refractivity contribution in [3.63, 3.8) is 0 Å². The van der Waals surface area contributed by atoms with Gasteiger partial charge >= 0.3 is 0 Å². The second-order valence-electron chi connectivity index (χ2n) is 9.90. The molecule has 0 saturated heterocycles. The molecule has 0 aliphatic heterocycles. The molecule has 7 nitrogen and oxygen atoms in total. The average molecular weight is 520 g/mol. The number of benzene rings is 2. The number of halogens is 1. The number of anilines is 1. The molecule has 198 valence electrons. The predicted octanol–water partition coefficient (Wildman–Crippen LogP) is 4.14. The monoisotopic (exact) mass is 519 g/mol. The molecule has 0 aliphatic carbocycles. The van der Waals surface area contributed by atoms with Crippen LogP contribution in [-0.2, 0) is 26.0 Å². The van der Waals surface area contributed by atoms with E-state index in [1.807, 2.05) is 58.0 Å². The molecule has 9 heteroatoms. The molecule has 0 radical (unpaired) electrons. The van der Waals surface area contributed by atoms with Crippen molar-refractivity contribution < 1.29 is 22.4 Å². The highest BCUT2D eigenvalue weighted by molar-refractivity contribution is 7.92. The van der Waals surface area contributed by atoms with Crippen LogP contribution >= 0.6 is 0 Å². The maximum atomic E-state index is 13.4. The fourth-order valence-corrected chi connectivity index (χ4v) is 4.93. The van der Waals surface area contributed by atoms with Gasteiger partial charge in [-0.25, -0.2) is 12.8 Å². The number of hydrogen-bond donors (Lipinski definition) is 1. The Morgan fingerprint density at radius 3 is 2.14 bits per heavy atom. The second kappa shape index (κ2) is 12.9. The number of carbonyl (C=O) groups excluding carboxylic acids is 2. The second-order valence-corrected chi connectivity index (χ2v) is 11.8. The molecule has 0 aliphatic rings. The molecule has 1 N–H and O–H groups in total. The number of sulfonamides is 1. The minimum atomic E-state index is -3.63. The summed E-state index contributed by atoms with van der Waals surface area (Å²) in [5.74, 6) is -0.888. The van der Waals surface area contributed by atoms with Crippen LogP contribution in [0, 0.1) is 5.82 Å². The van der Waals surface area contributed by atoms with E-state index in [1.165, 1.54) is 24.3 Å².